The van der Waals surface area contributed by atoms with Gasteiger partial charge in [-0.2, -0.15) is 0 Å². The lowest BCUT2D eigenvalue weighted by Crippen LogP contribution is -2.12. The Labute approximate surface area is 106 Å². The molecule has 0 unspecified atom stereocenters. The van der Waals surface area contributed by atoms with Gasteiger partial charge in [-0.25, -0.2) is 0 Å². The predicted molar refractivity (Wildman–Crippen MR) is 69.1 cm³/mol. The lowest BCUT2D eigenvalue weighted by atomic mass is 10.2. The largest absolute Gasteiger partial charge is 0.490 e. The van der Waals surface area contributed by atoms with Crippen molar-refractivity contribution in [2.24, 2.45) is 5.73 Å². The SMILES string of the molecule is CC(C)OCCOc1ccc(C(=N)N)cc1Cl. The molecule has 0 bridgehead atoms. The maximum absolute atomic E-state index is 7.28. The minimum absolute atomic E-state index is 0.0124. The molecule has 0 saturated heterocycles. The molecule has 4 nitrogen and oxygen atoms in total. The topological polar surface area (TPSA) is 68.3 Å². The number of benzene rings is 1. The van der Waals surface area contributed by atoms with Crippen molar-refractivity contribution in [1.82, 2.24) is 0 Å². The van der Waals surface area contributed by atoms with Crippen LogP contribution >= 0.6 is 11.6 Å². The smallest absolute Gasteiger partial charge is 0.138 e. The van der Waals surface area contributed by atoms with E-state index in [1.54, 1.807) is 18.2 Å². The number of nitrogen functional groups attached to an aromatic ring is 1. The molecule has 5 heteroatoms. The molecule has 3 N–H and O–H groups in total. The molecule has 0 amide bonds. The fourth-order valence-corrected chi connectivity index (χ4v) is 1.46. The molecular formula is C12H17ClN2O2. The maximum atomic E-state index is 7.28. The van der Waals surface area contributed by atoms with Crippen LogP contribution in [0.15, 0.2) is 18.2 Å². The molecule has 0 fully saturated rings. The number of nitrogens with two attached hydrogens (primary N) is 1. The van der Waals surface area contributed by atoms with E-state index in [-0.39, 0.29) is 11.9 Å². The highest BCUT2D eigenvalue weighted by Gasteiger charge is 2.04. The van der Waals surface area contributed by atoms with Gasteiger partial charge in [-0.1, -0.05) is 11.6 Å². The van der Waals surface area contributed by atoms with Gasteiger partial charge >= 0.3 is 0 Å². The summed E-state index contributed by atoms with van der Waals surface area (Å²) in [6.07, 6.45) is 0.189. The van der Waals surface area contributed by atoms with Crippen molar-refractivity contribution < 1.29 is 9.47 Å². The first-order chi connectivity index (χ1) is 8.00. The number of nitrogens with one attached hydrogen (secondary N) is 1. The maximum Gasteiger partial charge on any atom is 0.138 e. The quantitative estimate of drug-likeness (QED) is 0.467. The van der Waals surface area contributed by atoms with Crippen LogP contribution in [0.3, 0.4) is 0 Å². The highest BCUT2D eigenvalue weighted by Crippen LogP contribution is 2.25. The van der Waals surface area contributed by atoms with E-state index in [2.05, 4.69) is 0 Å². The highest BCUT2D eigenvalue weighted by molar-refractivity contribution is 6.32. The van der Waals surface area contributed by atoms with E-state index < -0.39 is 0 Å². The summed E-state index contributed by atoms with van der Waals surface area (Å²) < 4.78 is 10.8. The van der Waals surface area contributed by atoms with Crippen LogP contribution in [0.5, 0.6) is 5.75 Å². The lowest BCUT2D eigenvalue weighted by Gasteiger charge is -2.11. The van der Waals surface area contributed by atoms with Gasteiger partial charge in [0.1, 0.15) is 18.2 Å². The molecule has 0 radical (unpaired) electrons. The predicted octanol–water partition coefficient (Wildman–Crippen LogP) is 2.43. The second-order valence-electron chi connectivity index (χ2n) is 3.83. The normalized spacial score (nSPS) is 10.6. The summed E-state index contributed by atoms with van der Waals surface area (Å²) >= 11 is 6.00. The molecule has 0 aromatic heterocycles. The molecule has 0 saturated carbocycles. The number of amidine groups is 1. The van der Waals surface area contributed by atoms with Crippen molar-refractivity contribution in [3.05, 3.63) is 28.8 Å². The Kier molecular flexibility index (Phi) is 5.25. The van der Waals surface area contributed by atoms with E-state index in [0.717, 1.165) is 0 Å². The standard InChI is InChI=1S/C12H17ClN2O2/c1-8(2)16-5-6-17-11-4-3-9(12(14)15)7-10(11)13/h3-4,7-8H,5-6H2,1-2H3,(H3,14,15). The van der Waals surface area contributed by atoms with E-state index in [1.807, 2.05) is 13.8 Å². The Morgan fingerprint density at radius 1 is 1.41 bits per heavy atom. The summed E-state index contributed by atoms with van der Waals surface area (Å²) in [5.41, 5.74) is 5.94. The Hall–Kier alpha value is -1.26. The van der Waals surface area contributed by atoms with E-state index in [1.165, 1.54) is 0 Å². The first-order valence-electron chi connectivity index (χ1n) is 5.39. The van der Waals surface area contributed by atoms with E-state index >= 15 is 0 Å². The fourth-order valence-electron chi connectivity index (χ4n) is 1.22. The zero-order valence-corrected chi connectivity index (χ0v) is 10.8. The number of ether oxygens (including phenoxy) is 2. The van der Waals surface area contributed by atoms with Gasteiger partial charge in [0, 0.05) is 5.56 Å². The summed E-state index contributed by atoms with van der Waals surface area (Å²) in [5, 5.41) is 7.72. The third kappa shape index (κ3) is 4.63. The van der Waals surface area contributed by atoms with Crippen LogP contribution in [-0.4, -0.2) is 25.2 Å². The molecule has 17 heavy (non-hydrogen) atoms. The average Bonchev–Trinajstić information content (AvgIpc) is 2.25. The van der Waals surface area contributed by atoms with Crippen molar-refractivity contribution in [3.8, 4) is 5.75 Å². The average molecular weight is 257 g/mol. The van der Waals surface area contributed by atoms with E-state index in [9.17, 15) is 0 Å². The van der Waals surface area contributed by atoms with Gasteiger partial charge in [0.25, 0.3) is 0 Å². The molecule has 0 aliphatic heterocycles. The summed E-state index contributed by atoms with van der Waals surface area (Å²) in [7, 11) is 0. The lowest BCUT2D eigenvalue weighted by molar-refractivity contribution is 0.0553. The third-order valence-electron chi connectivity index (χ3n) is 2.03. The third-order valence-corrected chi connectivity index (χ3v) is 2.33. The van der Waals surface area contributed by atoms with Crippen molar-refractivity contribution in [1.29, 1.82) is 5.41 Å². The van der Waals surface area contributed by atoms with Gasteiger partial charge < -0.3 is 15.2 Å². The molecule has 0 aliphatic rings. The number of rotatable bonds is 6. The second-order valence-corrected chi connectivity index (χ2v) is 4.23. The van der Waals surface area contributed by atoms with Gasteiger partial charge in [-0.3, -0.25) is 5.41 Å². The Bertz CT molecular complexity index is 394. The summed E-state index contributed by atoms with van der Waals surface area (Å²) in [5.74, 6) is 0.561. The molecule has 0 atom stereocenters. The number of halogens is 1. The van der Waals surface area contributed by atoms with Crippen LogP contribution in [0.2, 0.25) is 5.02 Å². The Morgan fingerprint density at radius 3 is 2.65 bits per heavy atom. The summed E-state index contributed by atoms with van der Waals surface area (Å²) in [6.45, 7) is 4.89. The summed E-state index contributed by atoms with van der Waals surface area (Å²) in [6, 6.07) is 5.02. The van der Waals surface area contributed by atoms with Crippen molar-refractivity contribution >= 4 is 17.4 Å². The van der Waals surface area contributed by atoms with E-state index in [4.69, 9.17) is 32.2 Å². The highest BCUT2D eigenvalue weighted by atomic mass is 35.5. The van der Waals surface area contributed by atoms with Crippen LogP contribution < -0.4 is 10.5 Å². The van der Waals surface area contributed by atoms with Crippen molar-refractivity contribution in [2.75, 3.05) is 13.2 Å². The molecular weight excluding hydrogens is 240 g/mol. The van der Waals surface area contributed by atoms with Crippen LogP contribution in [0, 0.1) is 5.41 Å². The monoisotopic (exact) mass is 256 g/mol. The number of hydrogen-bond donors (Lipinski definition) is 2. The Morgan fingerprint density at radius 2 is 2.12 bits per heavy atom. The van der Waals surface area contributed by atoms with E-state index in [0.29, 0.717) is 29.5 Å². The molecule has 1 aromatic carbocycles. The van der Waals surface area contributed by atoms with Crippen molar-refractivity contribution in [3.63, 3.8) is 0 Å². The van der Waals surface area contributed by atoms with Gasteiger partial charge in [0.15, 0.2) is 0 Å². The zero-order valence-electron chi connectivity index (χ0n) is 10.00. The minimum atomic E-state index is -0.0124. The van der Waals surface area contributed by atoms with Crippen LogP contribution in [-0.2, 0) is 4.74 Å². The van der Waals surface area contributed by atoms with Gasteiger partial charge in [0.05, 0.1) is 17.7 Å². The fraction of sp³-hybridized carbons (Fsp3) is 0.417. The van der Waals surface area contributed by atoms with Crippen LogP contribution in [0.25, 0.3) is 0 Å². The first-order valence-corrected chi connectivity index (χ1v) is 5.77. The summed E-state index contributed by atoms with van der Waals surface area (Å²) in [4.78, 5) is 0. The molecule has 1 rings (SSSR count). The van der Waals surface area contributed by atoms with Gasteiger partial charge in [-0.15, -0.1) is 0 Å². The first kappa shape index (κ1) is 13.8. The van der Waals surface area contributed by atoms with Crippen molar-refractivity contribution in [2.45, 2.75) is 20.0 Å². The molecule has 0 aliphatic carbocycles. The second kappa shape index (κ2) is 6.47. The molecule has 0 spiro atoms. The molecule has 94 valence electrons. The van der Waals surface area contributed by atoms with Crippen LogP contribution in [0.1, 0.15) is 19.4 Å². The molecule has 1 aromatic rings. The number of hydrogen-bond acceptors (Lipinski definition) is 3. The van der Waals surface area contributed by atoms with Gasteiger partial charge in [-0.05, 0) is 32.0 Å². The Balaban J connectivity index is 2.52. The minimum Gasteiger partial charge on any atom is -0.490 e. The van der Waals surface area contributed by atoms with Gasteiger partial charge in [0.2, 0.25) is 0 Å². The molecule has 0 heterocycles. The van der Waals surface area contributed by atoms with Crippen LogP contribution in [0.4, 0.5) is 0 Å². The zero-order chi connectivity index (χ0) is 12.8.